The first-order chi connectivity index (χ1) is 9.10. The number of hydrogen-bond donors (Lipinski definition) is 1. The van der Waals surface area contributed by atoms with E-state index in [1.165, 1.54) is 7.11 Å². The molecular weight excluding hydrogens is 250 g/mol. The first-order valence-corrected chi connectivity index (χ1v) is 6.58. The zero-order valence-electron chi connectivity index (χ0n) is 12.5. The minimum absolute atomic E-state index is 0.257. The Morgan fingerprint density at radius 1 is 1.11 bits per heavy atom. The van der Waals surface area contributed by atoms with Crippen molar-refractivity contribution in [2.45, 2.75) is 25.8 Å². The summed E-state index contributed by atoms with van der Waals surface area (Å²) in [4.78, 5) is 11.7. The molecule has 0 heterocycles. The van der Waals surface area contributed by atoms with E-state index in [2.05, 4.69) is 5.32 Å². The van der Waals surface area contributed by atoms with E-state index in [4.69, 9.17) is 18.9 Å². The van der Waals surface area contributed by atoms with Crippen LogP contribution in [0, 0.1) is 0 Å². The number of carbonyl (C=O) groups is 1. The molecule has 0 aromatic rings. The van der Waals surface area contributed by atoms with Crippen molar-refractivity contribution in [3.63, 3.8) is 0 Å². The minimum Gasteiger partial charge on any atom is -0.468 e. The molecule has 19 heavy (non-hydrogen) atoms. The van der Waals surface area contributed by atoms with Gasteiger partial charge in [0.2, 0.25) is 0 Å². The number of rotatable bonds is 12. The van der Waals surface area contributed by atoms with Crippen molar-refractivity contribution in [3.05, 3.63) is 0 Å². The van der Waals surface area contributed by atoms with E-state index >= 15 is 0 Å². The molecule has 1 unspecified atom stereocenters. The zero-order valence-corrected chi connectivity index (χ0v) is 12.5. The van der Waals surface area contributed by atoms with Crippen LogP contribution in [0.2, 0.25) is 0 Å². The maximum absolute atomic E-state index is 11.7. The third kappa shape index (κ3) is 8.15. The van der Waals surface area contributed by atoms with Crippen LogP contribution < -0.4 is 5.32 Å². The lowest BCUT2D eigenvalue weighted by atomic mass is 10.0. The summed E-state index contributed by atoms with van der Waals surface area (Å²) in [6.45, 7) is 6.83. The molecule has 1 atom stereocenters. The van der Waals surface area contributed by atoms with Gasteiger partial charge in [0.05, 0.1) is 40.1 Å². The Morgan fingerprint density at radius 2 is 1.74 bits per heavy atom. The van der Waals surface area contributed by atoms with E-state index in [-0.39, 0.29) is 12.6 Å². The number of ether oxygens (including phenoxy) is 4. The van der Waals surface area contributed by atoms with Gasteiger partial charge in [-0.1, -0.05) is 6.92 Å². The van der Waals surface area contributed by atoms with Crippen molar-refractivity contribution in [3.8, 4) is 0 Å². The number of esters is 1. The largest absolute Gasteiger partial charge is 0.468 e. The fraction of sp³-hybridized carbons (Fsp3) is 0.923. The highest BCUT2D eigenvalue weighted by molar-refractivity contribution is 5.80. The van der Waals surface area contributed by atoms with Gasteiger partial charge in [-0.15, -0.1) is 0 Å². The Morgan fingerprint density at radius 3 is 2.32 bits per heavy atom. The minimum atomic E-state index is -0.808. The molecule has 0 bridgehead atoms. The number of carbonyl (C=O) groups excluding carboxylic acids is 1. The Kier molecular flexibility index (Phi) is 10.8. The van der Waals surface area contributed by atoms with E-state index in [0.717, 1.165) is 13.0 Å². The third-order valence-electron chi connectivity index (χ3n) is 2.60. The fourth-order valence-electron chi connectivity index (χ4n) is 1.45. The summed E-state index contributed by atoms with van der Waals surface area (Å²) in [7, 11) is 3.00. The van der Waals surface area contributed by atoms with E-state index < -0.39 is 5.54 Å². The predicted molar refractivity (Wildman–Crippen MR) is 72.2 cm³/mol. The molecule has 114 valence electrons. The second-order valence-corrected chi connectivity index (χ2v) is 4.41. The second-order valence-electron chi connectivity index (χ2n) is 4.41. The van der Waals surface area contributed by atoms with Crippen LogP contribution in [0.4, 0.5) is 0 Å². The molecule has 0 spiro atoms. The van der Waals surface area contributed by atoms with Crippen LogP contribution in [0.1, 0.15) is 20.3 Å². The van der Waals surface area contributed by atoms with E-state index in [1.54, 1.807) is 14.0 Å². The molecule has 1 N–H and O–H groups in total. The molecule has 0 rings (SSSR count). The van der Waals surface area contributed by atoms with Gasteiger partial charge in [0, 0.05) is 7.11 Å². The van der Waals surface area contributed by atoms with Gasteiger partial charge in [-0.2, -0.15) is 0 Å². The molecule has 0 aliphatic carbocycles. The van der Waals surface area contributed by atoms with Crippen molar-refractivity contribution in [1.82, 2.24) is 5.32 Å². The van der Waals surface area contributed by atoms with Gasteiger partial charge >= 0.3 is 5.97 Å². The summed E-state index contributed by atoms with van der Waals surface area (Å²) in [6, 6.07) is 0. The summed E-state index contributed by atoms with van der Waals surface area (Å²) in [5.41, 5.74) is -0.808. The molecule has 0 aromatic heterocycles. The SMILES string of the molecule is CCCNC(C)(COCCOCCOC)C(=O)OC. The van der Waals surface area contributed by atoms with E-state index in [9.17, 15) is 4.79 Å². The molecule has 0 aliphatic rings. The van der Waals surface area contributed by atoms with Crippen molar-refractivity contribution in [1.29, 1.82) is 0 Å². The molecule has 0 saturated heterocycles. The van der Waals surface area contributed by atoms with Crippen LogP contribution in [0.5, 0.6) is 0 Å². The lowest BCUT2D eigenvalue weighted by Gasteiger charge is -2.27. The van der Waals surface area contributed by atoms with Gasteiger partial charge in [0.15, 0.2) is 0 Å². The van der Waals surface area contributed by atoms with Gasteiger partial charge < -0.3 is 24.3 Å². The Labute approximate surface area is 115 Å². The van der Waals surface area contributed by atoms with E-state index in [1.807, 2.05) is 6.92 Å². The summed E-state index contributed by atoms with van der Waals surface area (Å²) in [5, 5.41) is 3.15. The van der Waals surface area contributed by atoms with Gasteiger partial charge in [-0.3, -0.25) is 0 Å². The van der Waals surface area contributed by atoms with Crippen LogP contribution in [0.3, 0.4) is 0 Å². The maximum atomic E-state index is 11.7. The number of hydrogen-bond acceptors (Lipinski definition) is 6. The third-order valence-corrected chi connectivity index (χ3v) is 2.60. The van der Waals surface area contributed by atoms with Crippen LogP contribution in [-0.2, 0) is 23.7 Å². The quantitative estimate of drug-likeness (QED) is 0.416. The molecule has 6 nitrogen and oxygen atoms in total. The summed E-state index contributed by atoms with van der Waals surface area (Å²) >= 11 is 0. The molecule has 0 aromatic carbocycles. The monoisotopic (exact) mass is 277 g/mol. The standard InChI is InChI=1S/C13H27NO5/c1-5-6-14-13(2,12(15)17-4)11-19-10-9-18-8-7-16-3/h14H,5-11H2,1-4H3. The maximum Gasteiger partial charge on any atom is 0.328 e. The van der Waals surface area contributed by atoms with Crippen LogP contribution in [-0.4, -0.2) is 65.3 Å². The fourth-order valence-corrected chi connectivity index (χ4v) is 1.45. The average molecular weight is 277 g/mol. The van der Waals surface area contributed by atoms with Crippen LogP contribution >= 0.6 is 0 Å². The predicted octanol–water partition coefficient (Wildman–Crippen LogP) is 0.597. The highest BCUT2D eigenvalue weighted by Crippen LogP contribution is 2.07. The topological polar surface area (TPSA) is 66.0 Å². The van der Waals surface area contributed by atoms with Gasteiger partial charge in [0.25, 0.3) is 0 Å². The Hall–Kier alpha value is -0.690. The normalized spacial score (nSPS) is 14.1. The highest BCUT2D eigenvalue weighted by Gasteiger charge is 2.33. The first kappa shape index (κ1) is 18.3. The van der Waals surface area contributed by atoms with Gasteiger partial charge in [-0.05, 0) is 19.9 Å². The lowest BCUT2D eigenvalue weighted by molar-refractivity contribution is -0.151. The molecule has 0 radical (unpaired) electrons. The van der Waals surface area contributed by atoms with Crippen molar-refractivity contribution in [2.24, 2.45) is 0 Å². The second kappa shape index (κ2) is 11.2. The number of nitrogens with one attached hydrogen (secondary N) is 1. The average Bonchev–Trinajstić information content (AvgIpc) is 2.43. The number of methoxy groups -OCH3 is 2. The Balaban J connectivity index is 3.89. The molecule has 0 amide bonds. The van der Waals surface area contributed by atoms with E-state index in [0.29, 0.717) is 26.4 Å². The van der Waals surface area contributed by atoms with Crippen molar-refractivity contribution >= 4 is 5.97 Å². The zero-order chi connectivity index (χ0) is 14.6. The van der Waals surface area contributed by atoms with Crippen molar-refractivity contribution in [2.75, 3.05) is 53.8 Å². The molecular formula is C13H27NO5. The Bertz CT molecular complexity index is 237. The molecule has 0 aliphatic heterocycles. The van der Waals surface area contributed by atoms with Gasteiger partial charge in [-0.25, -0.2) is 4.79 Å². The molecule has 6 heteroatoms. The summed E-state index contributed by atoms with van der Waals surface area (Å²) in [6.07, 6.45) is 0.937. The van der Waals surface area contributed by atoms with Gasteiger partial charge in [0.1, 0.15) is 5.54 Å². The smallest absolute Gasteiger partial charge is 0.328 e. The molecule has 0 fully saturated rings. The summed E-state index contributed by atoms with van der Waals surface area (Å²) in [5.74, 6) is -0.318. The van der Waals surface area contributed by atoms with Crippen molar-refractivity contribution < 1.29 is 23.7 Å². The molecule has 0 saturated carbocycles. The van der Waals surface area contributed by atoms with Crippen LogP contribution in [0.15, 0.2) is 0 Å². The lowest BCUT2D eigenvalue weighted by Crippen LogP contribution is -2.54. The highest BCUT2D eigenvalue weighted by atomic mass is 16.5. The summed E-state index contributed by atoms with van der Waals surface area (Å²) < 4.78 is 20.4. The van der Waals surface area contributed by atoms with Crippen LogP contribution in [0.25, 0.3) is 0 Å². The first-order valence-electron chi connectivity index (χ1n) is 6.58.